The Balaban J connectivity index is 0.00000364. The molecular formula is C19H30IN5O2. The zero-order valence-corrected chi connectivity index (χ0v) is 19.0. The molecule has 0 amide bonds. The first kappa shape index (κ1) is 23.1. The lowest BCUT2D eigenvalue weighted by Crippen LogP contribution is -2.37. The van der Waals surface area contributed by atoms with Gasteiger partial charge in [0.05, 0.1) is 19.9 Å². The lowest BCUT2D eigenvalue weighted by molar-refractivity contribution is 0.354. The second kappa shape index (κ2) is 11.7. The van der Waals surface area contributed by atoms with Crippen LogP contribution >= 0.6 is 24.0 Å². The molecule has 0 spiro atoms. The Morgan fingerprint density at radius 2 is 1.85 bits per heavy atom. The highest BCUT2D eigenvalue weighted by atomic mass is 127. The fraction of sp³-hybridized carbons (Fsp3) is 0.474. The van der Waals surface area contributed by atoms with Gasteiger partial charge in [0, 0.05) is 32.4 Å². The zero-order chi connectivity index (χ0) is 18.9. The van der Waals surface area contributed by atoms with Gasteiger partial charge in [0.15, 0.2) is 17.5 Å². The number of nitrogens with one attached hydrogen (secondary N) is 2. The van der Waals surface area contributed by atoms with Gasteiger partial charge < -0.3 is 20.1 Å². The minimum absolute atomic E-state index is 0. The van der Waals surface area contributed by atoms with Crippen molar-refractivity contribution in [2.45, 2.75) is 33.4 Å². The average Bonchev–Trinajstić information content (AvgIpc) is 2.98. The van der Waals surface area contributed by atoms with E-state index in [1.807, 2.05) is 29.8 Å². The highest BCUT2D eigenvalue weighted by Crippen LogP contribution is 2.27. The Morgan fingerprint density at radius 1 is 1.11 bits per heavy atom. The molecular weight excluding hydrogens is 457 g/mol. The molecule has 2 aromatic rings. The molecule has 0 unspecified atom stereocenters. The maximum absolute atomic E-state index is 5.34. The van der Waals surface area contributed by atoms with E-state index in [9.17, 15) is 0 Å². The topological polar surface area (TPSA) is 72.7 Å². The summed E-state index contributed by atoms with van der Waals surface area (Å²) in [5.41, 5.74) is 3.34. The van der Waals surface area contributed by atoms with Crippen molar-refractivity contribution in [3.05, 3.63) is 41.2 Å². The van der Waals surface area contributed by atoms with Crippen molar-refractivity contribution in [2.75, 3.05) is 27.8 Å². The lowest BCUT2D eigenvalue weighted by atomic mass is 10.2. The average molecular weight is 487 g/mol. The number of ether oxygens (including phenoxy) is 2. The van der Waals surface area contributed by atoms with Crippen molar-refractivity contribution in [2.24, 2.45) is 4.99 Å². The van der Waals surface area contributed by atoms with Gasteiger partial charge in [-0.1, -0.05) is 6.07 Å². The Hall–Kier alpha value is -1.97. The van der Waals surface area contributed by atoms with Crippen LogP contribution in [-0.4, -0.2) is 43.6 Å². The van der Waals surface area contributed by atoms with E-state index in [1.165, 1.54) is 5.69 Å². The Bertz CT molecular complexity index is 746. The summed E-state index contributed by atoms with van der Waals surface area (Å²) in [6.07, 6.45) is 0.971. The van der Waals surface area contributed by atoms with Crippen molar-refractivity contribution in [1.82, 2.24) is 20.4 Å². The van der Waals surface area contributed by atoms with Crippen LogP contribution in [-0.2, 0) is 13.1 Å². The van der Waals surface area contributed by atoms with Crippen molar-refractivity contribution in [1.29, 1.82) is 0 Å². The molecule has 0 aliphatic rings. The first-order valence-corrected chi connectivity index (χ1v) is 8.74. The molecule has 0 aliphatic heterocycles. The van der Waals surface area contributed by atoms with Crippen LogP contribution in [0.25, 0.3) is 0 Å². The standard InChI is InChI=1S/C19H29N5O2.HI/c1-14-11-15(2)24(23-14)10-6-9-21-19(20-3)22-13-16-7-8-17(25-4)18(12-16)26-5;/h7-8,11-12H,6,9-10,13H2,1-5H3,(H2,20,21,22);1H. The van der Waals surface area contributed by atoms with Crippen LogP contribution < -0.4 is 20.1 Å². The van der Waals surface area contributed by atoms with Gasteiger partial charge in [-0.2, -0.15) is 5.10 Å². The maximum Gasteiger partial charge on any atom is 0.191 e. The van der Waals surface area contributed by atoms with Gasteiger partial charge in [-0.25, -0.2) is 0 Å². The summed E-state index contributed by atoms with van der Waals surface area (Å²) < 4.78 is 12.6. The molecule has 1 heterocycles. The fourth-order valence-electron chi connectivity index (χ4n) is 2.73. The number of aryl methyl sites for hydroxylation is 3. The monoisotopic (exact) mass is 487 g/mol. The molecule has 150 valence electrons. The molecule has 1 aromatic heterocycles. The molecule has 0 saturated heterocycles. The number of hydrogen-bond donors (Lipinski definition) is 2. The molecule has 8 heteroatoms. The third kappa shape index (κ3) is 6.93. The first-order chi connectivity index (χ1) is 12.6. The molecule has 7 nitrogen and oxygen atoms in total. The van der Waals surface area contributed by atoms with Gasteiger partial charge in [-0.05, 0) is 44.0 Å². The normalized spacial score (nSPS) is 10.9. The van der Waals surface area contributed by atoms with E-state index >= 15 is 0 Å². The Labute approximate surface area is 178 Å². The number of rotatable bonds is 8. The van der Waals surface area contributed by atoms with E-state index in [1.54, 1.807) is 21.3 Å². The maximum atomic E-state index is 5.34. The summed E-state index contributed by atoms with van der Waals surface area (Å²) in [5.74, 6) is 2.22. The molecule has 0 atom stereocenters. The highest BCUT2D eigenvalue weighted by molar-refractivity contribution is 14.0. The van der Waals surface area contributed by atoms with E-state index in [2.05, 4.69) is 33.7 Å². The fourth-order valence-corrected chi connectivity index (χ4v) is 2.73. The molecule has 1 aromatic carbocycles. The molecule has 0 saturated carbocycles. The number of nitrogens with zero attached hydrogens (tertiary/aromatic N) is 3. The minimum Gasteiger partial charge on any atom is -0.493 e. The summed E-state index contributed by atoms with van der Waals surface area (Å²) in [4.78, 5) is 4.26. The van der Waals surface area contributed by atoms with Gasteiger partial charge in [0.1, 0.15) is 0 Å². The number of aliphatic imine (C=N–C) groups is 1. The van der Waals surface area contributed by atoms with Crippen molar-refractivity contribution in [3.63, 3.8) is 0 Å². The lowest BCUT2D eigenvalue weighted by Gasteiger charge is -2.13. The second-order valence-electron chi connectivity index (χ2n) is 6.05. The first-order valence-electron chi connectivity index (χ1n) is 8.74. The predicted octanol–water partition coefficient (Wildman–Crippen LogP) is 2.89. The summed E-state index contributed by atoms with van der Waals surface area (Å²) in [7, 11) is 5.04. The largest absolute Gasteiger partial charge is 0.493 e. The molecule has 0 bridgehead atoms. The third-order valence-corrected chi connectivity index (χ3v) is 4.07. The SMILES string of the molecule is CN=C(NCCCn1nc(C)cc1C)NCc1ccc(OC)c(OC)c1.I. The van der Waals surface area contributed by atoms with Gasteiger partial charge >= 0.3 is 0 Å². The van der Waals surface area contributed by atoms with E-state index in [0.29, 0.717) is 6.54 Å². The number of aromatic nitrogens is 2. The van der Waals surface area contributed by atoms with E-state index < -0.39 is 0 Å². The molecule has 2 rings (SSSR count). The predicted molar refractivity (Wildman–Crippen MR) is 119 cm³/mol. The van der Waals surface area contributed by atoms with Crippen molar-refractivity contribution < 1.29 is 9.47 Å². The van der Waals surface area contributed by atoms with Crippen molar-refractivity contribution in [3.8, 4) is 11.5 Å². The molecule has 0 fully saturated rings. The second-order valence-corrected chi connectivity index (χ2v) is 6.05. The number of hydrogen-bond acceptors (Lipinski definition) is 4. The van der Waals surface area contributed by atoms with Gasteiger partial charge in [0.2, 0.25) is 0 Å². The van der Waals surface area contributed by atoms with Gasteiger partial charge in [-0.15, -0.1) is 24.0 Å². The molecule has 2 N–H and O–H groups in total. The van der Waals surface area contributed by atoms with Gasteiger partial charge in [0.25, 0.3) is 0 Å². The number of halogens is 1. The zero-order valence-electron chi connectivity index (χ0n) is 16.7. The van der Waals surface area contributed by atoms with Crippen LogP contribution in [0.2, 0.25) is 0 Å². The molecule has 27 heavy (non-hydrogen) atoms. The van der Waals surface area contributed by atoms with Crippen LogP contribution in [0.3, 0.4) is 0 Å². The smallest absolute Gasteiger partial charge is 0.191 e. The summed E-state index contributed by atoms with van der Waals surface area (Å²) in [6.45, 7) is 6.46. The third-order valence-electron chi connectivity index (χ3n) is 4.07. The van der Waals surface area contributed by atoms with Crippen LogP contribution in [0.15, 0.2) is 29.3 Å². The molecule has 0 radical (unpaired) electrons. The van der Waals surface area contributed by atoms with Crippen molar-refractivity contribution >= 4 is 29.9 Å². The number of methoxy groups -OCH3 is 2. The minimum atomic E-state index is 0. The van der Waals surface area contributed by atoms with Crippen LogP contribution in [0.4, 0.5) is 0 Å². The van der Waals surface area contributed by atoms with Crippen LogP contribution in [0.5, 0.6) is 11.5 Å². The van der Waals surface area contributed by atoms with Gasteiger partial charge in [-0.3, -0.25) is 9.67 Å². The Kier molecular flexibility index (Phi) is 9.98. The van der Waals surface area contributed by atoms with Crippen LogP contribution in [0, 0.1) is 13.8 Å². The van der Waals surface area contributed by atoms with E-state index in [-0.39, 0.29) is 24.0 Å². The molecule has 0 aliphatic carbocycles. The number of guanidine groups is 1. The summed E-state index contributed by atoms with van der Waals surface area (Å²) in [6, 6.07) is 7.96. The highest BCUT2D eigenvalue weighted by Gasteiger charge is 2.05. The van der Waals surface area contributed by atoms with Crippen LogP contribution in [0.1, 0.15) is 23.4 Å². The summed E-state index contributed by atoms with van der Waals surface area (Å²) in [5, 5.41) is 11.1. The Morgan fingerprint density at radius 3 is 2.44 bits per heavy atom. The van der Waals surface area contributed by atoms with E-state index in [4.69, 9.17) is 9.47 Å². The number of benzene rings is 1. The quantitative estimate of drug-likeness (QED) is 0.259. The summed E-state index contributed by atoms with van der Waals surface area (Å²) >= 11 is 0. The van der Waals surface area contributed by atoms with E-state index in [0.717, 1.165) is 48.2 Å².